The number of carbonyl (C=O) groups excluding carboxylic acids is 1. The standard InChI is InChI=1S/C18H27O6P/c1-4-23-25(20,24-5-2)17(12-14-6-7-14)18(19)22-13-15-8-10-16(21-3)11-9-15/h8-11,14,17H,4-7,12-13H2,1-3H3. The predicted molar refractivity (Wildman–Crippen MR) is 94.8 cm³/mol. The number of ether oxygens (including phenoxy) is 2. The van der Waals surface area contributed by atoms with Gasteiger partial charge in [0.15, 0.2) is 5.66 Å². The van der Waals surface area contributed by atoms with Crippen molar-refractivity contribution in [1.29, 1.82) is 0 Å². The maximum Gasteiger partial charge on any atom is 0.344 e. The van der Waals surface area contributed by atoms with Crippen molar-refractivity contribution in [2.75, 3.05) is 20.3 Å². The summed E-state index contributed by atoms with van der Waals surface area (Å²) in [6.45, 7) is 4.04. The maximum atomic E-state index is 13.1. The Balaban J connectivity index is 2.04. The van der Waals surface area contributed by atoms with Crippen molar-refractivity contribution in [2.24, 2.45) is 5.92 Å². The van der Waals surface area contributed by atoms with Gasteiger partial charge in [0.05, 0.1) is 20.3 Å². The third-order valence-electron chi connectivity index (χ3n) is 4.07. The van der Waals surface area contributed by atoms with Crippen LogP contribution in [0.5, 0.6) is 5.75 Å². The number of methoxy groups -OCH3 is 1. The van der Waals surface area contributed by atoms with Crippen LogP contribution in [0.3, 0.4) is 0 Å². The van der Waals surface area contributed by atoms with Crippen LogP contribution in [-0.4, -0.2) is 32.0 Å². The molecule has 1 atom stereocenters. The molecule has 7 heteroatoms. The van der Waals surface area contributed by atoms with Gasteiger partial charge in [-0.25, -0.2) is 0 Å². The highest BCUT2D eigenvalue weighted by Gasteiger charge is 2.45. The Hall–Kier alpha value is -1.36. The lowest BCUT2D eigenvalue weighted by atomic mass is 10.2. The first kappa shape index (κ1) is 20.0. The summed E-state index contributed by atoms with van der Waals surface area (Å²) in [7, 11) is -1.93. The molecule has 0 amide bonds. The molecule has 1 aromatic carbocycles. The highest BCUT2D eigenvalue weighted by molar-refractivity contribution is 7.55. The van der Waals surface area contributed by atoms with Gasteiger partial charge in [0, 0.05) is 0 Å². The van der Waals surface area contributed by atoms with E-state index in [0.717, 1.165) is 24.2 Å². The molecule has 1 aliphatic rings. The number of carbonyl (C=O) groups is 1. The molecule has 1 unspecified atom stereocenters. The fraction of sp³-hybridized carbons (Fsp3) is 0.611. The molecule has 1 aromatic rings. The van der Waals surface area contributed by atoms with Crippen molar-refractivity contribution in [3.8, 4) is 5.75 Å². The van der Waals surface area contributed by atoms with Crippen LogP contribution >= 0.6 is 7.60 Å². The van der Waals surface area contributed by atoms with E-state index in [1.165, 1.54) is 0 Å². The van der Waals surface area contributed by atoms with Crippen LogP contribution in [0.1, 0.15) is 38.7 Å². The highest BCUT2D eigenvalue weighted by Crippen LogP contribution is 2.57. The van der Waals surface area contributed by atoms with Crippen molar-refractivity contribution < 1.29 is 27.9 Å². The van der Waals surface area contributed by atoms with E-state index < -0.39 is 19.2 Å². The zero-order valence-electron chi connectivity index (χ0n) is 15.1. The van der Waals surface area contributed by atoms with Gasteiger partial charge in [-0.2, -0.15) is 0 Å². The molecular formula is C18H27O6P. The minimum Gasteiger partial charge on any atom is -0.497 e. The Bertz CT molecular complexity index is 586. The second kappa shape index (κ2) is 9.37. The summed E-state index contributed by atoms with van der Waals surface area (Å²) in [5.41, 5.74) is -0.0277. The molecule has 1 saturated carbocycles. The summed E-state index contributed by atoms with van der Waals surface area (Å²) in [6.07, 6.45) is 2.57. The largest absolute Gasteiger partial charge is 0.497 e. The van der Waals surface area contributed by atoms with Gasteiger partial charge >= 0.3 is 13.6 Å². The van der Waals surface area contributed by atoms with E-state index in [4.69, 9.17) is 18.5 Å². The van der Waals surface area contributed by atoms with Gasteiger partial charge in [0.2, 0.25) is 0 Å². The maximum absolute atomic E-state index is 13.1. The van der Waals surface area contributed by atoms with Crippen molar-refractivity contribution >= 4 is 13.6 Å². The van der Waals surface area contributed by atoms with E-state index in [2.05, 4.69) is 0 Å². The van der Waals surface area contributed by atoms with Crippen LogP contribution < -0.4 is 4.74 Å². The summed E-state index contributed by atoms with van der Waals surface area (Å²) in [5.74, 6) is 0.611. The number of rotatable bonds is 11. The van der Waals surface area contributed by atoms with Gasteiger partial charge in [0.25, 0.3) is 0 Å². The van der Waals surface area contributed by atoms with Crippen molar-refractivity contribution in [3.05, 3.63) is 29.8 Å². The monoisotopic (exact) mass is 370 g/mol. The van der Waals surface area contributed by atoms with Crippen LogP contribution in [0, 0.1) is 5.92 Å². The quantitative estimate of drug-likeness (QED) is 0.430. The molecule has 0 aromatic heterocycles. The second-order valence-corrected chi connectivity index (χ2v) is 8.25. The summed E-state index contributed by atoms with van der Waals surface area (Å²) < 4.78 is 34.3. The smallest absolute Gasteiger partial charge is 0.344 e. The lowest BCUT2D eigenvalue weighted by molar-refractivity contribution is -0.145. The third-order valence-corrected chi connectivity index (χ3v) is 6.49. The van der Waals surface area contributed by atoms with Gasteiger partial charge in [-0.3, -0.25) is 9.36 Å². The number of benzene rings is 1. The Morgan fingerprint density at radius 3 is 2.24 bits per heavy atom. The first-order chi connectivity index (χ1) is 12.0. The van der Waals surface area contributed by atoms with Crippen molar-refractivity contribution in [2.45, 2.75) is 45.4 Å². The topological polar surface area (TPSA) is 71.1 Å². The molecule has 1 fully saturated rings. The van der Waals surface area contributed by atoms with E-state index in [1.54, 1.807) is 33.1 Å². The lowest BCUT2D eigenvalue weighted by Crippen LogP contribution is -2.26. The van der Waals surface area contributed by atoms with Crippen LogP contribution in [-0.2, 0) is 29.8 Å². The minimum absolute atomic E-state index is 0.113. The Morgan fingerprint density at radius 2 is 1.76 bits per heavy atom. The molecule has 0 radical (unpaired) electrons. The third kappa shape index (κ3) is 5.84. The average molecular weight is 370 g/mol. The van der Waals surface area contributed by atoms with E-state index >= 15 is 0 Å². The lowest BCUT2D eigenvalue weighted by Gasteiger charge is -2.25. The normalized spacial score (nSPS) is 15.6. The van der Waals surface area contributed by atoms with Crippen molar-refractivity contribution in [1.82, 2.24) is 0 Å². The fourth-order valence-electron chi connectivity index (χ4n) is 2.57. The minimum atomic E-state index is -3.53. The molecule has 0 saturated heterocycles. The number of esters is 1. The Kier molecular flexibility index (Phi) is 7.48. The van der Waals surface area contributed by atoms with Gasteiger partial charge in [-0.15, -0.1) is 0 Å². The molecular weight excluding hydrogens is 343 g/mol. The van der Waals surface area contributed by atoms with Crippen LogP contribution in [0.15, 0.2) is 24.3 Å². The molecule has 0 heterocycles. The van der Waals surface area contributed by atoms with Gasteiger partial charge in [-0.05, 0) is 43.9 Å². The van der Waals surface area contributed by atoms with E-state index in [9.17, 15) is 9.36 Å². The first-order valence-electron chi connectivity index (χ1n) is 8.70. The van der Waals surface area contributed by atoms with E-state index in [0.29, 0.717) is 12.3 Å². The predicted octanol–water partition coefficient (Wildman–Crippen LogP) is 4.17. The number of hydrogen-bond acceptors (Lipinski definition) is 6. The van der Waals surface area contributed by atoms with Crippen LogP contribution in [0.2, 0.25) is 0 Å². The zero-order chi connectivity index (χ0) is 18.3. The second-order valence-electron chi connectivity index (χ2n) is 6.03. The van der Waals surface area contributed by atoms with Crippen molar-refractivity contribution in [3.63, 3.8) is 0 Å². The van der Waals surface area contributed by atoms with E-state index in [-0.39, 0.29) is 19.8 Å². The molecule has 6 nitrogen and oxygen atoms in total. The van der Waals surface area contributed by atoms with Crippen LogP contribution in [0.25, 0.3) is 0 Å². The molecule has 0 bridgehead atoms. The summed E-state index contributed by atoms with van der Waals surface area (Å²) in [5, 5.41) is 0. The molecule has 0 spiro atoms. The van der Waals surface area contributed by atoms with Gasteiger partial charge in [0.1, 0.15) is 12.4 Å². The van der Waals surface area contributed by atoms with Crippen LogP contribution in [0.4, 0.5) is 0 Å². The SMILES string of the molecule is CCOP(=O)(OCC)C(CC1CC1)C(=O)OCc1ccc(OC)cc1. The first-order valence-corrected chi connectivity index (χ1v) is 10.3. The highest BCUT2D eigenvalue weighted by atomic mass is 31.2. The Labute approximate surface area is 149 Å². The number of hydrogen-bond donors (Lipinski definition) is 0. The summed E-state index contributed by atoms with van der Waals surface area (Å²) >= 11 is 0. The molecule has 140 valence electrons. The van der Waals surface area contributed by atoms with Gasteiger partial charge < -0.3 is 18.5 Å². The molecule has 0 aliphatic heterocycles. The average Bonchev–Trinajstić information content (AvgIpc) is 3.42. The molecule has 2 rings (SSSR count). The van der Waals surface area contributed by atoms with E-state index in [1.807, 2.05) is 12.1 Å². The fourth-order valence-corrected chi connectivity index (χ4v) is 4.62. The van der Waals surface area contributed by atoms with Gasteiger partial charge in [-0.1, -0.05) is 25.0 Å². The summed E-state index contributed by atoms with van der Waals surface area (Å²) in [6, 6.07) is 7.26. The Morgan fingerprint density at radius 1 is 1.16 bits per heavy atom. The summed E-state index contributed by atoms with van der Waals surface area (Å²) in [4.78, 5) is 12.6. The molecule has 1 aliphatic carbocycles. The zero-order valence-corrected chi connectivity index (χ0v) is 16.0. The molecule has 0 N–H and O–H groups in total. The molecule has 25 heavy (non-hydrogen) atoms.